The maximum Gasteiger partial charge on any atom is 0.225 e. The number of rotatable bonds is 4. The van der Waals surface area contributed by atoms with Crippen LogP contribution in [-0.2, 0) is 12.0 Å². The molecule has 0 aliphatic heterocycles. The fraction of sp³-hybridized carbons (Fsp3) is 0.818. The molecule has 1 aromatic rings. The van der Waals surface area contributed by atoms with Crippen LogP contribution in [0.15, 0.2) is 0 Å². The molecule has 0 aromatic carbocycles. The smallest absolute Gasteiger partial charge is 0.225 e. The van der Waals surface area contributed by atoms with Gasteiger partial charge in [-0.25, -0.2) is 0 Å². The molecule has 0 bridgehead atoms. The molecule has 0 atom stereocenters. The van der Waals surface area contributed by atoms with Crippen LogP contribution in [0.1, 0.15) is 45.9 Å². The molecular weight excluding hydrogens is 210 g/mol. The molecule has 4 heteroatoms. The minimum Gasteiger partial charge on any atom is -0.296 e. The van der Waals surface area contributed by atoms with Crippen LogP contribution in [0.25, 0.3) is 0 Å². The van der Waals surface area contributed by atoms with Crippen LogP contribution in [0.2, 0.25) is 5.28 Å². The van der Waals surface area contributed by atoms with Gasteiger partial charge in [0.25, 0.3) is 0 Å². The highest BCUT2D eigenvalue weighted by Crippen LogP contribution is 2.45. The van der Waals surface area contributed by atoms with Crippen LogP contribution >= 0.6 is 11.6 Å². The molecule has 0 unspecified atom stereocenters. The van der Waals surface area contributed by atoms with Gasteiger partial charge in [-0.05, 0) is 50.6 Å². The summed E-state index contributed by atoms with van der Waals surface area (Å²) < 4.78 is 2.12. The second-order valence-electron chi connectivity index (χ2n) is 4.90. The number of nitrogens with zero attached hydrogens (tertiary/aromatic N) is 3. The number of hydrogen-bond donors (Lipinski definition) is 0. The molecule has 1 aliphatic carbocycles. The van der Waals surface area contributed by atoms with Crippen LogP contribution in [0.5, 0.6) is 0 Å². The van der Waals surface area contributed by atoms with Gasteiger partial charge in [-0.1, -0.05) is 6.92 Å². The first-order chi connectivity index (χ1) is 7.07. The molecule has 15 heavy (non-hydrogen) atoms. The van der Waals surface area contributed by atoms with E-state index in [1.807, 2.05) is 0 Å². The van der Waals surface area contributed by atoms with Crippen molar-refractivity contribution < 1.29 is 0 Å². The first-order valence-corrected chi connectivity index (χ1v) is 6.05. The van der Waals surface area contributed by atoms with Crippen molar-refractivity contribution in [1.82, 2.24) is 14.8 Å². The topological polar surface area (TPSA) is 30.7 Å². The van der Waals surface area contributed by atoms with Gasteiger partial charge in [0.2, 0.25) is 5.28 Å². The van der Waals surface area contributed by atoms with Crippen molar-refractivity contribution in [3.63, 3.8) is 0 Å². The lowest BCUT2D eigenvalue weighted by Crippen LogP contribution is -2.30. The highest BCUT2D eigenvalue weighted by atomic mass is 35.5. The van der Waals surface area contributed by atoms with E-state index in [1.165, 1.54) is 12.8 Å². The molecule has 1 fully saturated rings. The Balaban J connectivity index is 2.35. The van der Waals surface area contributed by atoms with Gasteiger partial charge in [0.15, 0.2) is 0 Å². The molecule has 2 rings (SSSR count). The maximum absolute atomic E-state index is 6.13. The summed E-state index contributed by atoms with van der Waals surface area (Å²) in [4.78, 5) is 0. The largest absolute Gasteiger partial charge is 0.296 e. The minimum atomic E-state index is 0.0745. The quantitative estimate of drug-likeness (QED) is 0.792. The Morgan fingerprint density at radius 3 is 2.60 bits per heavy atom. The average Bonchev–Trinajstić information content (AvgIpc) is 2.93. The average molecular weight is 228 g/mol. The molecular formula is C11H18ClN3. The number of aryl methyl sites for hydroxylation is 1. The van der Waals surface area contributed by atoms with E-state index in [0.29, 0.717) is 5.28 Å². The fourth-order valence-electron chi connectivity index (χ4n) is 2.22. The first-order valence-electron chi connectivity index (χ1n) is 5.67. The summed E-state index contributed by atoms with van der Waals surface area (Å²) in [5.41, 5.74) is 0.0745. The molecule has 0 spiro atoms. The van der Waals surface area contributed by atoms with E-state index in [9.17, 15) is 0 Å². The minimum absolute atomic E-state index is 0.0745. The molecule has 0 radical (unpaired) electrons. The Morgan fingerprint density at radius 1 is 1.40 bits per heavy atom. The zero-order valence-corrected chi connectivity index (χ0v) is 10.4. The predicted octanol–water partition coefficient (Wildman–Crippen LogP) is 3.03. The van der Waals surface area contributed by atoms with Gasteiger partial charge in [-0.3, -0.25) is 4.57 Å². The summed E-state index contributed by atoms with van der Waals surface area (Å²) in [6, 6.07) is 0. The van der Waals surface area contributed by atoms with Crippen molar-refractivity contribution in [2.75, 3.05) is 0 Å². The van der Waals surface area contributed by atoms with Crippen molar-refractivity contribution >= 4 is 11.6 Å². The van der Waals surface area contributed by atoms with Gasteiger partial charge in [0, 0.05) is 12.0 Å². The van der Waals surface area contributed by atoms with E-state index < -0.39 is 0 Å². The van der Waals surface area contributed by atoms with Crippen LogP contribution in [0.4, 0.5) is 0 Å². The van der Waals surface area contributed by atoms with E-state index in [0.717, 1.165) is 24.6 Å². The normalized spacial score (nSPS) is 17.1. The molecule has 0 N–H and O–H groups in total. The zero-order chi connectivity index (χ0) is 11.1. The number of aromatic nitrogens is 3. The summed E-state index contributed by atoms with van der Waals surface area (Å²) in [7, 11) is 0. The lowest BCUT2D eigenvalue weighted by Gasteiger charge is -2.28. The third-order valence-corrected chi connectivity index (χ3v) is 3.56. The van der Waals surface area contributed by atoms with Crippen LogP contribution in [0.3, 0.4) is 0 Å². The van der Waals surface area contributed by atoms with Gasteiger partial charge in [-0.15, -0.1) is 10.2 Å². The standard InChI is InChI=1S/C11H18ClN3/c1-4-5-9-13-14-10(12)15(9)11(2,3)8-6-7-8/h8H,4-7H2,1-3H3. The second kappa shape index (κ2) is 3.78. The monoisotopic (exact) mass is 227 g/mol. The van der Waals surface area contributed by atoms with Crippen LogP contribution < -0.4 is 0 Å². The second-order valence-corrected chi connectivity index (χ2v) is 5.24. The molecule has 1 aromatic heterocycles. The first kappa shape index (κ1) is 10.9. The van der Waals surface area contributed by atoms with E-state index >= 15 is 0 Å². The van der Waals surface area contributed by atoms with Crippen molar-refractivity contribution in [3.8, 4) is 0 Å². The highest BCUT2D eigenvalue weighted by molar-refractivity contribution is 6.28. The predicted molar refractivity (Wildman–Crippen MR) is 61.1 cm³/mol. The Morgan fingerprint density at radius 2 is 2.07 bits per heavy atom. The van der Waals surface area contributed by atoms with E-state index in [-0.39, 0.29) is 5.54 Å². The Hall–Kier alpha value is -0.570. The van der Waals surface area contributed by atoms with Gasteiger partial charge in [-0.2, -0.15) is 0 Å². The summed E-state index contributed by atoms with van der Waals surface area (Å²) in [5, 5.41) is 8.69. The number of hydrogen-bond acceptors (Lipinski definition) is 2. The molecule has 0 amide bonds. The molecule has 1 heterocycles. The van der Waals surface area contributed by atoms with Crippen molar-refractivity contribution in [2.24, 2.45) is 5.92 Å². The molecule has 1 saturated carbocycles. The lowest BCUT2D eigenvalue weighted by atomic mass is 9.98. The van der Waals surface area contributed by atoms with Crippen molar-refractivity contribution in [3.05, 3.63) is 11.1 Å². The van der Waals surface area contributed by atoms with Crippen LogP contribution in [0, 0.1) is 5.92 Å². The summed E-state index contributed by atoms with van der Waals surface area (Å²) in [6.45, 7) is 6.62. The van der Waals surface area contributed by atoms with E-state index in [4.69, 9.17) is 11.6 Å². The Labute approximate surface area is 95.8 Å². The summed E-state index contributed by atoms with van der Waals surface area (Å²) in [5.74, 6) is 1.76. The highest BCUT2D eigenvalue weighted by Gasteiger charge is 2.41. The zero-order valence-electron chi connectivity index (χ0n) is 9.63. The molecule has 1 aliphatic rings. The Bertz CT molecular complexity index is 353. The van der Waals surface area contributed by atoms with Crippen LogP contribution in [-0.4, -0.2) is 14.8 Å². The molecule has 84 valence electrons. The molecule has 3 nitrogen and oxygen atoms in total. The SMILES string of the molecule is CCCc1nnc(Cl)n1C(C)(C)C1CC1. The lowest BCUT2D eigenvalue weighted by molar-refractivity contribution is 0.294. The third-order valence-electron chi connectivity index (χ3n) is 3.32. The summed E-state index contributed by atoms with van der Waals surface area (Å²) >= 11 is 6.13. The van der Waals surface area contributed by atoms with Gasteiger partial charge in [0.05, 0.1) is 0 Å². The van der Waals surface area contributed by atoms with E-state index in [1.54, 1.807) is 0 Å². The van der Waals surface area contributed by atoms with Crippen molar-refractivity contribution in [1.29, 1.82) is 0 Å². The third kappa shape index (κ3) is 1.89. The number of halogens is 1. The van der Waals surface area contributed by atoms with E-state index in [2.05, 4.69) is 35.5 Å². The van der Waals surface area contributed by atoms with Gasteiger partial charge < -0.3 is 0 Å². The maximum atomic E-state index is 6.13. The van der Waals surface area contributed by atoms with Gasteiger partial charge in [0.1, 0.15) is 5.82 Å². The fourth-order valence-corrected chi connectivity index (χ4v) is 2.58. The Kier molecular flexibility index (Phi) is 2.75. The summed E-state index contributed by atoms with van der Waals surface area (Å²) in [6.07, 6.45) is 4.63. The molecule has 0 saturated heterocycles. The van der Waals surface area contributed by atoms with Gasteiger partial charge >= 0.3 is 0 Å². The van der Waals surface area contributed by atoms with Crippen molar-refractivity contribution in [2.45, 2.75) is 52.0 Å².